The van der Waals surface area contributed by atoms with Crippen molar-refractivity contribution in [2.24, 2.45) is 5.92 Å². The lowest BCUT2D eigenvalue weighted by Gasteiger charge is -2.38. The van der Waals surface area contributed by atoms with Crippen LogP contribution in [0.1, 0.15) is 19.4 Å². The Morgan fingerprint density at radius 3 is 2.87 bits per heavy atom. The third-order valence-electron chi connectivity index (χ3n) is 3.19. The molecule has 0 unspecified atom stereocenters. The van der Waals surface area contributed by atoms with Crippen LogP contribution in [0.15, 0.2) is 24.3 Å². The second kappa shape index (κ2) is 3.94. The van der Waals surface area contributed by atoms with Crippen molar-refractivity contribution in [3.8, 4) is 6.07 Å². The van der Waals surface area contributed by atoms with Crippen molar-refractivity contribution in [2.45, 2.75) is 26.3 Å². The van der Waals surface area contributed by atoms with Crippen LogP contribution < -0.4 is 4.90 Å². The molecule has 0 aliphatic carbocycles. The van der Waals surface area contributed by atoms with Gasteiger partial charge in [-0.1, -0.05) is 25.1 Å². The number of nitriles is 1. The third-order valence-corrected chi connectivity index (χ3v) is 3.19. The molecule has 1 aliphatic rings. The Bertz CT molecular complexity index is 392. The highest BCUT2D eigenvalue weighted by Crippen LogP contribution is 2.32. The Hall–Kier alpha value is -1.49. The highest BCUT2D eigenvalue weighted by atomic mass is 15.2. The summed E-state index contributed by atoms with van der Waals surface area (Å²) in [5.74, 6) is 0.421. The molecular weight excluding hydrogens is 184 g/mol. The van der Waals surface area contributed by atoms with Crippen molar-refractivity contribution in [3.63, 3.8) is 0 Å². The summed E-state index contributed by atoms with van der Waals surface area (Å²) >= 11 is 0. The van der Waals surface area contributed by atoms with Gasteiger partial charge in [0.15, 0.2) is 0 Å². The highest BCUT2D eigenvalue weighted by molar-refractivity contribution is 5.58. The van der Waals surface area contributed by atoms with Crippen molar-refractivity contribution in [1.29, 1.82) is 5.26 Å². The van der Waals surface area contributed by atoms with Crippen LogP contribution in [0, 0.1) is 17.2 Å². The van der Waals surface area contributed by atoms with Crippen LogP contribution in [-0.4, -0.2) is 12.6 Å². The van der Waals surface area contributed by atoms with E-state index in [1.54, 1.807) is 0 Å². The number of fused-ring (bicyclic) bond motifs is 1. The molecule has 1 aromatic rings. The molecule has 1 heterocycles. The molecule has 1 aliphatic heterocycles. The van der Waals surface area contributed by atoms with Crippen molar-refractivity contribution in [2.75, 3.05) is 11.4 Å². The fourth-order valence-corrected chi connectivity index (χ4v) is 2.44. The first-order valence-electron chi connectivity index (χ1n) is 5.52. The molecule has 2 heteroatoms. The van der Waals surface area contributed by atoms with E-state index < -0.39 is 0 Å². The highest BCUT2D eigenvalue weighted by Gasteiger charge is 2.30. The second-order valence-electron chi connectivity index (χ2n) is 4.17. The van der Waals surface area contributed by atoms with Gasteiger partial charge in [0.2, 0.25) is 0 Å². The maximum atomic E-state index is 9.20. The number of hydrogen-bond acceptors (Lipinski definition) is 2. The fourth-order valence-electron chi connectivity index (χ4n) is 2.44. The van der Waals surface area contributed by atoms with E-state index in [4.69, 9.17) is 0 Å². The van der Waals surface area contributed by atoms with Crippen LogP contribution in [0.2, 0.25) is 0 Å². The van der Waals surface area contributed by atoms with Gasteiger partial charge < -0.3 is 4.90 Å². The molecule has 0 aromatic heterocycles. The van der Waals surface area contributed by atoms with Gasteiger partial charge in [-0.2, -0.15) is 5.26 Å². The molecule has 15 heavy (non-hydrogen) atoms. The molecule has 2 atom stereocenters. The van der Waals surface area contributed by atoms with Gasteiger partial charge in [-0.25, -0.2) is 0 Å². The topological polar surface area (TPSA) is 27.0 Å². The Morgan fingerprint density at radius 1 is 1.47 bits per heavy atom. The zero-order valence-electron chi connectivity index (χ0n) is 9.27. The summed E-state index contributed by atoms with van der Waals surface area (Å²) in [6.07, 6.45) is 1.02. The molecule has 0 spiro atoms. The first-order valence-corrected chi connectivity index (χ1v) is 5.52. The van der Waals surface area contributed by atoms with Gasteiger partial charge in [0, 0.05) is 12.2 Å². The monoisotopic (exact) mass is 200 g/mol. The quantitative estimate of drug-likeness (QED) is 0.696. The minimum atomic E-state index is 0.0323. The summed E-state index contributed by atoms with van der Waals surface area (Å²) in [4.78, 5) is 2.21. The predicted molar refractivity (Wildman–Crippen MR) is 61.7 cm³/mol. The van der Waals surface area contributed by atoms with Crippen LogP contribution in [0.3, 0.4) is 0 Å². The summed E-state index contributed by atoms with van der Waals surface area (Å²) in [6, 6.07) is 10.9. The maximum Gasteiger partial charge on any atom is 0.119 e. The van der Waals surface area contributed by atoms with Crippen LogP contribution in [0.25, 0.3) is 0 Å². The number of para-hydroxylation sites is 1. The number of anilines is 1. The minimum absolute atomic E-state index is 0.0323. The van der Waals surface area contributed by atoms with E-state index in [0.717, 1.165) is 13.0 Å². The molecule has 0 radical (unpaired) electrons. The lowest BCUT2D eigenvalue weighted by atomic mass is 9.87. The summed E-state index contributed by atoms with van der Waals surface area (Å²) in [6.45, 7) is 5.17. The van der Waals surface area contributed by atoms with Crippen molar-refractivity contribution in [3.05, 3.63) is 29.8 Å². The summed E-state index contributed by atoms with van der Waals surface area (Å²) < 4.78 is 0. The van der Waals surface area contributed by atoms with E-state index >= 15 is 0 Å². The Balaban J connectivity index is 2.45. The van der Waals surface area contributed by atoms with E-state index in [2.05, 4.69) is 43.0 Å². The molecular formula is C13H16N2. The molecule has 0 amide bonds. The van der Waals surface area contributed by atoms with Gasteiger partial charge in [0.25, 0.3) is 0 Å². The molecule has 2 rings (SSSR count). The van der Waals surface area contributed by atoms with Crippen LogP contribution in [-0.2, 0) is 6.42 Å². The maximum absolute atomic E-state index is 9.20. The molecule has 0 N–H and O–H groups in total. The lowest BCUT2D eigenvalue weighted by Crippen LogP contribution is -2.43. The number of hydrogen-bond donors (Lipinski definition) is 0. The van der Waals surface area contributed by atoms with E-state index in [9.17, 15) is 5.26 Å². The summed E-state index contributed by atoms with van der Waals surface area (Å²) in [5.41, 5.74) is 2.61. The van der Waals surface area contributed by atoms with E-state index in [-0.39, 0.29) is 6.04 Å². The van der Waals surface area contributed by atoms with Gasteiger partial charge in [0.05, 0.1) is 6.07 Å². The molecule has 2 nitrogen and oxygen atoms in total. The standard InChI is InChI=1S/C13H16N2/c1-3-15-12-7-5-4-6-11(12)8-10(2)13(15)9-14/h4-7,10,13H,3,8H2,1-2H3/t10-,13-/m1/s1. The first-order chi connectivity index (χ1) is 7.27. The summed E-state index contributed by atoms with van der Waals surface area (Å²) in [5, 5.41) is 9.20. The molecule has 78 valence electrons. The van der Waals surface area contributed by atoms with Gasteiger partial charge in [0.1, 0.15) is 6.04 Å². The minimum Gasteiger partial charge on any atom is -0.356 e. The average molecular weight is 200 g/mol. The van der Waals surface area contributed by atoms with E-state index in [0.29, 0.717) is 5.92 Å². The van der Waals surface area contributed by atoms with E-state index in [1.807, 2.05) is 6.07 Å². The Kier molecular flexibility index (Phi) is 2.64. The largest absolute Gasteiger partial charge is 0.356 e. The van der Waals surface area contributed by atoms with Crippen molar-refractivity contribution < 1.29 is 0 Å². The lowest BCUT2D eigenvalue weighted by molar-refractivity contribution is 0.470. The molecule has 1 aromatic carbocycles. The van der Waals surface area contributed by atoms with Gasteiger partial charge in [-0.15, -0.1) is 0 Å². The first kappa shape index (κ1) is 10.0. The van der Waals surface area contributed by atoms with E-state index in [1.165, 1.54) is 11.3 Å². The van der Waals surface area contributed by atoms with Gasteiger partial charge >= 0.3 is 0 Å². The van der Waals surface area contributed by atoms with Gasteiger partial charge in [-0.3, -0.25) is 0 Å². The SMILES string of the molecule is CCN1c2ccccc2C[C@@H](C)[C@H]1C#N. The predicted octanol–water partition coefficient (Wildman–Crippen LogP) is 2.60. The number of benzene rings is 1. The molecule has 0 bridgehead atoms. The number of nitrogens with zero attached hydrogens (tertiary/aromatic N) is 2. The Labute approximate surface area is 91.1 Å². The van der Waals surface area contributed by atoms with Crippen molar-refractivity contribution in [1.82, 2.24) is 0 Å². The van der Waals surface area contributed by atoms with Crippen LogP contribution in [0.4, 0.5) is 5.69 Å². The summed E-state index contributed by atoms with van der Waals surface area (Å²) in [7, 11) is 0. The number of rotatable bonds is 1. The fraction of sp³-hybridized carbons (Fsp3) is 0.462. The zero-order valence-corrected chi connectivity index (χ0v) is 9.27. The normalized spacial score (nSPS) is 24.5. The average Bonchev–Trinajstić information content (AvgIpc) is 2.27. The molecule has 0 fully saturated rings. The zero-order chi connectivity index (χ0) is 10.8. The van der Waals surface area contributed by atoms with Crippen LogP contribution in [0.5, 0.6) is 0 Å². The molecule has 0 saturated carbocycles. The third kappa shape index (κ3) is 1.59. The smallest absolute Gasteiger partial charge is 0.119 e. The second-order valence-corrected chi connectivity index (χ2v) is 4.17. The molecule has 0 saturated heterocycles. The van der Waals surface area contributed by atoms with Crippen LogP contribution >= 0.6 is 0 Å². The van der Waals surface area contributed by atoms with Gasteiger partial charge in [-0.05, 0) is 30.9 Å². The van der Waals surface area contributed by atoms with Crippen molar-refractivity contribution >= 4 is 5.69 Å². The Morgan fingerprint density at radius 2 is 2.20 bits per heavy atom.